The zero-order valence-electron chi connectivity index (χ0n) is 29.5. The zero-order valence-corrected chi connectivity index (χ0v) is 31.2. The smallest absolute Gasteiger partial charge is 0.271 e. The Morgan fingerprint density at radius 2 is 1.55 bits per heavy atom. The number of hydrogen-bond donors (Lipinski definition) is 3. The van der Waals surface area contributed by atoms with E-state index >= 15 is 0 Å². The van der Waals surface area contributed by atoms with E-state index in [4.69, 9.17) is 0 Å². The predicted octanol–water partition coefficient (Wildman–Crippen LogP) is 5.05. The van der Waals surface area contributed by atoms with Gasteiger partial charge in [-0.25, -0.2) is 9.97 Å². The average Bonchev–Trinajstić information content (AvgIpc) is 3.81. The highest BCUT2D eigenvalue weighted by atomic mass is 32.1. The van der Waals surface area contributed by atoms with E-state index in [0.29, 0.717) is 81.1 Å². The first-order valence-corrected chi connectivity index (χ1v) is 19.8. The topological polar surface area (TPSA) is 154 Å². The lowest BCUT2D eigenvalue weighted by Gasteiger charge is -2.27. The third-order valence-electron chi connectivity index (χ3n) is 9.05. The Labute approximate surface area is 307 Å². The number of aromatic nitrogens is 2. The number of carbonyl (C=O) groups is 5. The second kappa shape index (κ2) is 18.9. The summed E-state index contributed by atoms with van der Waals surface area (Å²) in [6, 6.07) is 8.93. The second-order valence-corrected chi connectivity index (χ2v) is 15.4. The molecule has 2 aliphatic rings. The summed E-state index contributed by atoms with van der Waals surface area (Å²) in [6.45, 7) is 6.63. The normalized spacial score (nSPS) is 20.0. The molecule has 51 heavy (non-hydrogen) atoms. The van der Waals surface area contributed by atoms with Gasteiger partial charge in [0.25, 0.3) is 11.8 Å². The summed E-state index contributed by atoms with van der Waals surface area (Å²) < 4.78 is 0. The van der Waals surface area contributed by atoms with Gasteiger partial charge in [-0.15, -0.1) is 22.7 Å². The van der Waals surface area contributed by atoms with E-state index in [2.05, 4.69) is 39.8 Å². The van der Waals surface area contributed by atoms with Crippen molar-refractivity contribution >= 4 is 52.2 Å². The minimum Gasteiger partial charge on any atom is -0.351 e. The third kappa shape index (κ3) is 11.4. The number of likely N-dealkylation sites (tertiary alicyclic amines) is 1. The Balaban J connectivity index is 1.33. The van der Waals surface area contributed by atoms with Crippen molar-refractivity contribution in [2.45, 2.75) is 90.1 Å². The van der Waals surface area contributed by atoms with Gasteiger partial charge in [0.1, 0.15) is 21.4 Å². The molecular weight excluding hydrogens is 687 g/mol. The lowest BCUT2D eigenvalue weighted by molar-refractivity contribution is -0.135. The first-order valence-electron chi connectivity index (χ1n) is 18.0. The molecule has 12 nitrogen and oxygen atoms in total. The van der Waals surface area contributed by atoms with Crippen LogP contribution in [0.5, 0.6) is 0 Å². The minimum absolute atomic E-state index is 0.0247. The molecule has 1 aromatic carbocycles. The van der Waals surface area contributed by atoms with E-state index in [0.717, 1.165) is 24.9 Å². The van der Waals surface area contributed by atoms with Crippen LogP contribution in [0.4, 0.5) is 0 Å². The van der Waals surface area contributed by atoms with Crippen LogP contribution in [-0.2, 0) is 20.8 Å². The highest BCUT2D eigenvalue weighted by molar-refractivity contribution is 7.10. The standard InChI is InChI=1S/C37H49N7O5S2/c1-25(2)21-27-36-42-30(24-51-36)35(49)40-28(22-26-11-4-3-5-12-26)37-41-29(23-50-37)34(48)38-16-10-20-44(18-8-13-31(45)39-27)33(47)15-9-19-43-17-7-6-14-32(43)46/h3-5,11-12,23-25,27-28H,6-10,13-22H2,1-2H3,(H,38,48)(H,39,45)(H,40,49)/t27-,28-/m0/s1. The van der Waals surface area contributed by atoms with Crippen molar-refractivity contribution in [1.29, 1.82) is 0 Å². The van der Waals surface area contributed by atoms with Gasteiger partial charge < -0.3 is 25.8 Å². The van der Waals surface area contributed by atoms with Crippen LogP contribution < -0.4 is 16.0 Å². The van der Waals surface area contributed by atoms with Gasteiger partial charge in [0.05, 0.1) is 12.1 Å². The van der Waals surface area contributed by atoms with Crippen molar-refractivity contribution in [2.24, 2.45) is 5.92 Å². The third-order valence-corrected chi connectivity index (χ3v) is 11.0. The predicted molar refractivity (Wildman–Crippen MR) is 197 cm³/mol. The Kier molecular flexibility index (Phi) is 14.1. The van der Waals surface area contributed by atoms with Gasteiger partial charge in [0, 0.05) is 62.7 Å². The molecule has 5 amide bonds. The van der Waals surface area contributed by atoms with Crippen LogP contribution in [0.15, 0.2) is 41.1 Å². The average molecular weight is 736 g/mol. The largest absolute Gasteiger partial charge is 0.351 e. The molecule has 2 aliphatic heterocycles. The maximum Gasteiger partial charge on any atom is 0.271 e. The molecule has 0 spiro atoms. The van der Waals surface area contributed by atoms with E-state index in [1.807, 2.05) is 35.2 Å². The van der Waals surface area contributed by atoms with Crippen molar-refractivity contribution in [3.63, 3.8) is 0 Å². The monoisotopic (exact) mass is 735 g/mol. The molecule has 5 rings (SSSR count). The second-order valence-electron chi connectivity index (χ2n) is 13.6. The summed E-state index contributed by atoms with van der Waals surface area (Å²) >= 11 is 2.65. The molecule has 3 aromatic rings. The first-order chi connectivity index (χ1) is 24.7. The molecule has 1 fully saturated rings. The zero-order chi connectivity index (χ0) is 36.2. The van der Waals surface area contributed by atoms with Crippen LogP contribution in [0.3, 0.4) is 0 Å². The number of amides is 5. The molecule has 274 valence electrons. The van der Waals surface area contributed by atoms with Crippen LogP contribution in [0.25, 0.3) is 0 Å². The lowest BCUT2D eigenvalue weighted by atomic mass is 10.0. The van der Waals surface area contributed by atoms with Crippen LogP contribution in [0.1, 0.15) is 120 Å². The van der Waals surface area contributed by atoms with E-state index in [-0.39, 0.29) is 59.3 Å². The Morgan fingerprint density at radius 1 is 0.843 bits per heavy atom. The SMILES string of the molecule is CC(C)C[C@@H]1NC(=O)CCCN(C(=O)CCCN2CCCCC2=O)CCCNC(=O)c2csc(n2)[C@H](Cc2ccccc2)NC(=O)c2csc1n2. The van der Waals surface area contributed by atoms with Crippen molar-refractivity contribution in [1.82, 2.24) is 35.7 Å². The molecular formula is C37H49N7O5S2. The molecule has 1 saturated heterocycles. The highest BCUT2D eigenvalue weighted by Crippen LogP contribution is 2.27. The summed E-state index contributed by atoms with van der Waals surface area (Å²) in [5.41, 5.74) is 1.54. The Hall–Kier alpha value is -4.17. The fraction of sp³-hybridized carbons (Fsp3) is 0.541. The first kappa shape index (κ1) is 38.1. The van der Waals surface area contributed by atoms with Crippen LogP contribution in [-0.4, -0.2) is 82.0 Å². The fourth-order valence-electron chi connectivity index (χ4n) is 6.38. The van der Waals surface area contributed by atoms with E-state index in [1.54, 1.807) is 15.7 Å². The molecule has 0 aliphatic carbocycles. The summed E-state index contributed by atoms with van der Waals surface area (Å²) in [4.78, 5) is 78.5. The summed E-state index contributed by atoms with van der Waals surface area (Å²) in [5, 5.41) is 13.8. The molecule has 4 bridgehead atoms. The molecule has 0 unspecified atom stereocenters. The Morgan fingerprint density at radius 3 is 2.27 bits per heavy atom. The number of rotatable bonds is 8. The lowest BCUT2D eigenvalue weighted by Crippen LogP contribution is -2.38. The van der Waals surface area contributed by atoms with Crippen LogP contribution >= 0.6 is 22.7 Å². The number of piperidine rings is 1. The maximum absolute atomic E-state index is 13.6. The summed E-state index contributed by atoms with van der Waals surface area (Å²) in [7, 11) is 0. The summed E-state index contributed by atoms with van der Waals surface area (Å²) in [5.74, 6) is -0.422. The van der Waals surface area contributed by atoms with Gasteiger partial charge in [-0.05, 0) is 56.4 Å². The van der Waals surface area contributed by atoms with Gasteiger partial charge in [-0.1, -0.05) is 44.2 Å². The maximum atomic E-state index is 13.6. The van der Waals surface area contributed by atoms with Crippen molar-refractivity contribution in [2.75, 3.05) is 32.7 Å². The van der Waals surface area contributed by atoms with Crippen molar-refractivity contribution in [3.05, 3.63) is 68.1 Å². The number of fused-ring (bicyclic) bond motifs is 4. The molecule has 2 aromatic heterocycles. The molecule has 14 heteroatoms. The number of nitrogens with one attached hydrogen (secondary N) is 3. The van der Waals surface area contributed by atoms with Gasteiger partial charge in [0.2, 0.25) is 17.7 Å². The number of nitrogens with zero attached hydrogens (tertiary/aromatic N) is 4. The molecule has 0 radical (unpaired) electrons. The Bertz CT molecular complexity index is 1640. The highest BCUT2D eigenvalue weighted by Gasteiger charge is 2.26. The van der Waals surface area contributed by atoms with Crippen molar-refractivity contribution in [3.8, 4) is 0 Å². The van der Waals surface area contributed by atoms with Gasteiger partial charge in [-0.3, -0.25) is 24.0 Å². The van der Waals surface area contributed by atoms with E-state index in [9.17, 15) is 24.0 Å². The van der Waals surface area contributed by atoms with Crippen LogP contribution in [0, 0.1) is 5.92 Å². The minimum atomic E-state index is -0.496. The molecule has 2 atom stereocenters. The molecule has 0 saturated carbocycles. The van der Waals surface area contributed by atoms with Crippen molar-refractivity contribution < 1.29 is 24.0 Å². The molecule has 4 heterocycles. The number of benzene rings is 1. The quantitative estimate of drug-likeness (QED) is 0.293. The number of carbonyl (C=O) groups excluding carboxylic acids is 5. The number of thiazole rings is 2. The number of hydrogen-bond acceptors (Lipinski definition) is 9. The van der Waals surface area contributed by atoms with E-state index < -0.39 is 6.04 Å². The summed E-state index contributed by atoms with van der Waals surface area (Å²) in [6.07, 6.45) is 5.73. The van der Waals surface area contributed by atoms with Crippen LogP contribution in [0.2, 0.25) is 0 Å². The van der Waals surface area contributed by atoms with E-state index in [1.165, 1.54) is 22.7 Å². The fourth-order valence-corrected chi connectivity index (χ4v) is 8.09. The van der Waals surface area contributed by atoms with Gasteiger partial charge in [-0.2, -0.15) is 0 Å². The van der Waals surface area contributed by atoms with Gasteiger partial charge in [0.15, 0.2) is 0 Å². The molecule has 3 N–H and O–H groups in total. The van der Waals surface area contributed by atoms with Gasteiger partial charge >= 0.3 is 0 Å².